The molecule has 0 aliphatic carbocycles. The van der Waals surface area contributed by atoms with Gasteiger partial charge < -0.3 is 20.3 Å². The zero-order valence-electron chi connectivity index (χ0n) is 19.9. The van der Waals surface area contributed by atoms with E-state index in [4.69, 9.17) is 4.74 Å². The topological polar surface area (TPSA) is 79.4 Å². The average Bonchev–Trinajstić information content (AvgIpc) is 2.90. The van der Waals surface area contributed by atoms with E-state index in [0.29, 0.717) is 11.5 Å². The van der Waals surface area contributed by atoms with Crippen molar-refractivity contribution in [1.29, 1.82) is 0 Å². The third-order valence-electron chi connectivity index (χ3n) is 5.50. The lowest BCUT2D eigenvalue weighted by atomic mass is 10.1. The molecular formula is C26H32ClN5O2S. The van der Waals surface area contributed by atoms with E-state index in [2.05, 4.69) is 44.9 Å². The Morgan fingerprint density at radius 1 is 1.09 bits per heavy atom. The number of rotatable bonds is 10. The summed E-state index contributed by atoms with van der Waals surface area (Å²) in [5.41, 5.74) is 3.43. The zero-order valence-corrected chi connectivity index (χ0v) is 21.5. The summed E-state index contributed by atoms with van der Waals surface area (Å²) < 4.78 is 5.39. The summed E-state index contributed by atoms with van der Waals surface area (Å²) >= 11 is 1.84. The quantitative estimate of drug-likeness (QED) is 0.295. The van der Waals surface area contributed by atoms with Crippen molar-refractivity contribution in [2.24, 2.45) is 0 Å². The van der Waals surface area contributed by atoms with E-state index in [0.717, 1.165) is 68.5 Å². The number of aromatic nitrogens is 2. The molecule has 2 aromatic carbocycles. The normalized spacial score (nSPS) is 13.2. The van der Waals surface area contributed by atoms with Gasteiger partial charge in [0, 0.05) is 73.1 Å². The van der Waals surface area contributed by atoms with Gasteiger partial charge in [-0.1, -0.05) is 12.1 Å². The highest BCUT2D eigenvalue weighted by Crippen LogP contribution is 2.24. The minimum absolute atomic E-state index is 0. The van der Waals surface area contributed by atoms with Crippen LogP contribution in [-0.4, -0.2) is 65.9 Å². The number of carbonyl (C=O) groups excluding carboxylic acids is 1. The first kappa shape index (κ1) is 26.9. The molecular weight excluding hydrogens is 482 g/mol. The predicted molar refractivity (Wildman–Crippen MR) is 145 cm³/mol. The SMILES string of the molecule is CCOCCCSc1ccc(-c2ccnc(Nc3ccc(C(=O)N4CCNCC4)cc3)n2)cc1.Cl. The van der Waals surface area contributed by atoms with Crippen molar-refractivity contribution in [2.75, 3.05) is 50.5 Å². The van der Waals surface area contributed by atoms with Crippen LogP contribution >= 0.6 is 24.2 Å². The van der Waals surface area contributed by atoms with E-state index in [-0.39, 0.29) is 18.3 Å². The van der Waals surface area contributed by atoms with Crippen LogP contribution in [0.25, 0.3) is 11.3 Å². The number of carbonyl (C=O) groups is 1. The Hall–Kier alpha value is -2.65. The molecule has 9 heteroatoms. The van der Waals surface area contributed by atoms with Crippen LogP contribution in [0, 0.1) is 0 Å². The minimum atomic E-state index is 0. The lowest BCUT2D eigenvalue weighted by molar-refractivity contribution is 0.0736. The number of ether oxygens (including phenoxy) is 1. The highest BCUT2D eigenvalue weighted by Gasteiger charge is 2.17. The summed E-state index contributed by atoms with van der Waals surface area (Å²) in [6.45, 7) is 6.78. The lowest BCUT2D eigenvalue weighted by Gasteiger charge is -2.27. The van der Waals surface area contributed by atoms with Gasteiger partial charge in [-0.05, 0) is 55.8 Å². The maximum atomic E-state index is 12.6. The van der Waals surface area contributed by atoms with Crippen molar-refractivity contribution in [3.05, 3.63) is 66.4 Å². The molecule has 2 N–H and O–H groups in total. The summed E-state index contributed by atoms with van der Waals surface area (Å²) in [5.74, 6) is 1.64. The number of halogens is 1. The maximum Gasteiger partial charge on any atom is 0.253 e. The smallest absolute Gasteiger partial charge is 0.253 e. The summed E-state index contributed by atoms with van der Waals surface area (Å²) in [6.07, 6.45) is 2.80. The van der Waals surface area contributed by atoms with Crippen LogP contribution in [0.4, 0.5) is 11.6 Å². The molecule has 2 heterocycles. The first-order valence-corrected chi connectivity index (χ1v) is 12.7. The van der Waals surface area contributed by atoms with Crippen molar-refractivity contribution in [3.63, 3.8) is 0 Å². The molecule has 4 rings (SSSR count). The Labute approximate surface area is 217 Å². The number of piperazine rings is 1. The van der Waals surface area contributed by atoms with Crippen molar-refractivity contribution in [3.8, 4) is 11.3 Å². The Morgan fingerprint density at radius 2 is 1.83 bits per heavy atom. The number of anilines is 2. The fourth-order valence-corrected chi connectivity index (χ4v) is 4.50. The number of nitrogens with one attached hydrogen (secondary N) is 2. The molecule has 1 fully saturated rings. The van der Waals surface area contributed by atoms with Crippen LogP contribution in [0.3, 0.4) is 0 Å². The Kier molecular flexibility index (Phi) is 10.8. The van der Waals surface area contributed by atoms with E-state index in [1.165, 1.54) is 4.90 Å². The molecule has 1 aliphatic heterocycles. The molecule has 1 saturated heterocycles. The molecule has 186 valence electrons. The standard InChI is InChI=1S/C26H31N5O2S.ClH/c1-2-33-18-3-19-34-23-10-6-20(7-11-23)24-12-13-28-26(30-24)29-22-8-4-21(5-9-22)25(32)31-16-14-27-15-17-31;/h4-13,27H,2-3,14-19H2,1H3,(H,28,29,30);1H. The lowest BCUT2D eigenvalue weighted by Crippen LogP contribution is -2.46. The molecule has 0 unspecified atom stereocenters. The maximum absolute atomic E-state index is 12.6. The second kappa shape index (κ2) is 14.0. The molecule has 0 saturated carbocycles. The predicted octanol–water partition coefficient (Wildman–Crippen LogP) is 4.87. The summed E-state index contributed by atoms with van der Waals surface area (Å²) in [4.78, 5) is 24.8. The first-order valence-electron chi connectivity index (χ1n) is 11.7. The Balaban J connectivity index is 0.00000342. The van der Waals surface area contributed by atoms with Gasteiger partial charge in [0.15, 0.2) is 0 Å². The van der Waals surface area contributed by atoms with Crippen LogP contribution in [0.2, 0.25) is 0 Å². The van der Waals surface area contributed by atoms with Crippen LogP contribution in [0.15, 0.2) is 65.7 Å². The largest absolute Gasteiger partial charge is 0.382 e. The highest BCUT2D eigenvalue weighted by atomic mass is 35.5. The van der Waals surface area contributed by atoms with Crippen molar-refractivity contribution < 1.29 is 9.53 Å². The van der Waals surface area contributed by atoms with Gasteiger partial charge in [0.05, 0.1) is 5.69 Å². The number of amides is 1. The van der Waals surface area contributed by atoms with E-state index in [1.54, 1.807) is 6.20 Å². The van der Waals surface area contributed by atoms with Crippen LogP contribution < -0.4 is 10.6 Å². The minimum Gasteiger partial charge on any atom is -0.382 e. The fraction of sp³-hybridized carbons (Fsp3) is 0.346. The molecule has 7 nitrogen and oxygen atoms in total. The van der Waals surface area contributed by atoms with E-state index in [1.807, 2.05) is 53.9 Å². The zero-order chi connectivity index (χ0) is 23.6. The summed E-state index contributed by atoms with van der Waals surface area (Å²) in [5, 5.41) is 6.51. The van der Waals surface area contributed by atoms with Gasteiger partial charge in [0.2, 0.25) is 5.95 Å². The van der Waals surface area contributed by atoms with Crippen molar-refractivity contribution in [1.82, 2.24) is 20.2 Å². The van der Waals surface area contributed by atoms with E-state index >= 15 is 0 Å². The van der Waals surface area contributed by atoms with Crippen LogP contribution in [-0.2, 0) is 4.74 Å². The second-order valence-electron chi connectivity index (χ2n) is 7.93. The van der Waals surface area contributed by atoms with Crippen LogP contribution in [0.1, 0.15) is 23.7 Å². The monoisotopic (exact) mass is 513 g/mol. The van der Waals surface area contributed by atoms with E-state index in [9.17, 15) is 4.79 Å². The molecule has 0 radical (unpaired) electrons. The molecule has 1 amide bonds. The molecule has 0 spiro atoms. The van der Waals surface area contributed by atoms with Crippen LogP contribution in [0.5, 0.6) is 0 Å². The van der Waals surface area contributed by atoms with Gasteiger partial charge in [-0.15, -0.1) is 24.2 Å². The molecule has 35 heavy (non-hydrogen) atoms. The molecule has 1 aliphatic rings. The van der Waals surface area contributed by atoms with Gasteiger partial charge in [0.1, 0.15) is 0 Å². The summed E-state index contributed by atoms with van der Waals surface area (Å²) in [7, 11) is 0. The number of hydrogen-bond donors (Lipinski definition) is 2. The van der Waals surface area contributed by atoms with Crippen molar-refractivity contribution >= 4 is 41.7 Å². The number of nitrogens with zero attached hydrogens (tertiary/aromatic N) is 3. The van der Waals surface area contributed by atoms with Gasteiger partial charge in [-0.3, -0.25) is 4.79 Å². The highest BCUT2D eigenvalue weighted by molar-refractivity contribution is 7.99. The van der Waals surface area contributed by atoms with Gasteiger partial charge in [0.25, 0.3) is 5.91 Å². The molecule has 0 atom stereocenters. The molecule has 3 aromatic rings. The number of hydrogen-bond acceptors (Lipinski definition) is 7. The van der Waals surface area contributed by atoms with Crippen molar-refractivity contribution in [2.45, 2.75) is 18.2 Å². The summed E-state index contributed by atoms with van der Waals surface area (Å²) in [6, 6.07) is 17.8. The Morgan fingerprint density at radius 3 is 2.54 bits per heavy atom. The second-order valence-corrected chi connectivity index (χ2v) is 9.10. The number of benzene rings is 2. The first-order chi connectivity index (χ1) is 16.7. The fourth-order valence-electron chi connectivity index (χ4n) is 3.67. The van der Waals surface area contributed by atoms with Gasteiger partial charge >= 0.3 is 0 Å². The third-order valence-corrected chi connectivity index (χ3v) is 6.60. The molecule has 0 bridgehead atoms. The van der Waals surface area contributed by atoms with Gasteiger partial charge in [-0.2, -0.15) is 0 Å². The van der Waals surface area contributed by atoms with E-state index < -0.39 is 0 Å². The Bertz CT molecular complexity index is 1060. The third kappa shape index (κ3) is 7.93. The molecule has 1 aromatic heterocycles. The number of thioether (sulfide) groups is 1. The average molecular weight is 514 g/mol. The van der Waals surface area contributed by atoms with Gasteiger partial charge in [-0.25, -0.2) is 9.97 Å².